The van der Waals surface area contributed by atoms with E-state index in [1.165, 1.54) is 0 Å². The molecular weight excluding hydrogens is 344 g/mol. The van der Waals surface area contributed by atoms with Crippen LogP contribution in [-0.4, -0.2) is 43.0 Å². The van der Waals surface area contributed by atoms with E-state index in [9.17, 15) is 9.59 Å². The van der Waals surface area contributed by atoms with Crippen LogP contribution in [0.1, 0.15) is 12.6 Å². The summed E-state index contributed by atoms with van der Waals surface area (Å²) in [6.07, 6.45) is 0.695. The molecule has 21 heavy (non-hydrogen) atoms. The Hall–Kier alpha value is -1.67. The van der Waals surface area contributed by atoms with Gasteiger partial charge in [0.2, 0.25) is 0 Å². The molecule has 2 heterocycles. The molecule has 1 aromatic rings. The molecule has 0 spiro atoms. The van der Waals surface area contributed by atoms with Crippen LogP contribution in [0.25, 0.3) is 0 Å². The Balaban J connectivity index is 2.03. The van der Waals surface area contributed by atoms with E-state index >= 15 is 0 Å². The molecule has 1 fully saturated rings. The first-order valence-corrected chi connectivity index (χ1v) is 7.23. The standard InChI is InChI=1S/C13H15BrN2O5/c1-2-20-12(17)4-10-11(3-8(14)5-15-10)16-13(18)21-9-6-19-7-9/h3,5,9H,2,4,6-7H2,1H3,(H,16,18). The van der Waals surface area contributed by atoms with Crippen molar-refractivity contribution in [1.82, 2.24) is 4.98 Å². The number of anilines is 1. The molecule has 8 heteroatoms. The van der Waals surface area contributed by atoms with Gasteiger partial charge in [-0.1, -0.05) is 0 Å². The van der Waals surface area contributed by atoms with Crippen LogP contribution < -0.4 is 5.32 Å². The van der Waals surface area contributed by atoms with Gasteiger partial charge in [0.25, 0.3) is 0 Å². The molecule has 0 aromatic carbocycles. The van der Waals surface area contributed by atoms with E-state index in [0.29, 0.717) is 35.7 Å². The van der Waals surface area contributed by atoms with E-state index < -0.39 is 12.1 Å². The fourth-order valence-corrected chi connectivity index (χ4v) is 1.97. The van der Waals surface area contributed by atoms with Crippen LogP contribution >= 0.6 is 15.9 Å². The van der Waals surface area contributed by atoms with Gasteiger partial charge in [-0.15, -0.1) is 0 Å². The third-order valence-corrected chi connectivity index (χ3v) is 3.11. The summed E-state index contributed by atoms with van der Waals surface area (Å²) in [6.45, 7) is 2.83. The minimum Gasteiger partial charge on any atom is -0.466 e. The van der Waals surface area contributed by atoms with E-state index in [1.54, 1.807) is 19.2 Å². The van der Waals surface area contributed by atoms with Gasteiger partial charge in [-0.25, -0.2) is 4.79 Å². The summed E-state index contributed by atoms with van der Waals surface area (Å²) < 4.78 is 15.6. The van der Waals surface area contributed by atoms with E-state index in [1.807, 2.05) is 0 Å². The molecule has 0 saturated carbocycles. The zero-order valence-electron chi connectivity index (χ0n) is 11.4. The minimum absolute atomic E-state index is 0.0245. The van der Waals surface area contributed by atoms with Crippen LogP contribution in [0.3, 0.4) is 0 Å². The largest absolute Gasteiger partial charge is 0.466 e. The molecular formula is C13H15BrN2O5. The Morgan fingerprint density at radius 3 is 2.90 bits per heavy atom. The van der Waals surface area contributed by atoms with Gasteiger partial charge in [-0.3, -0.25) is 15.1 Å². The lowest BCUT2D eigenvalue weighted by Gasteiger charge is -2.25. The number of amides is 1. The van der Waals surface area contributed by atoms with Crippen molar-refractivity contribution in [3.63, 3.8) is 0 Å². The Kier molecular flexibility index (Phi) is 5.51. The van der Waals surface area contributed by atoms with Gasteiger partial charge in [0.15, 0.2) is 6.10 Å². The summed E-state index contributed by atoms with van der Waals surface area (Å²) in [5, 5.41) is 2.58. The van der Waals surface area contributed by atoms with Crippen LogP contribution in [-0.2, 0) is 25.4 Å². The number of halogens is 1. The maximum atomic E-state index is 11.7. The van der Waals surface area contributed by atoms with Crippen molar-refractivity contribution >= 4 is 33.7 Å². The normalized spacial score (nSPS) is 14.2. The molecule has 1 aliphatic heterocycles. The average Bonchev–Trinajstić information content (AvgIpc) is 2.37. The van der Waals surface area contributed by atoms with Crippen molar-refractivity contribution in [3.05, 3.63) is 22.4 Å². The minimum atomic E-state index is -0.603. The van der Waals surface area contributed by atoms with Crippen molar-refractivity contribution < 1.29 is 23.8 Å². The van der Waals surface area contributed by atoms with Gasteiger partial charge in [0.05, 0.1) is 37.6 Å². The maximum absolute atomic E-state index is 11.7. The predicted octanol–water partition coefficient (Wildman–Crippen LogP) is 1.90. The molecule has 1 amide bonds. The first-order valence-electron chi connectivity index (χ1n) is 6.44. The second-order valence-electron chi connectivity index (χ2n) is 4.32. The molecule has 1 aliphatic rings. The molecule has 0 bridgehead atoms. The number of hydrogen-bond acceptors (Lipinski definition) is 6. The summed E-state index contributed by atoms with van der Waals surface area (Å²) in [4.78, 5) is 27.4. The highest BCUT2D eigenvalue weighted by molar-refractivity contribution is 9.10. The van der Waals surface area contributed by atoms with Gasteiger partial charge in [-0.05, 0) is 28.9 Å². The molecule has 1 aromatic heterocycles. The number of hydrogen-bond donors (Lipinski definition) is 1. The number of carbonyl (C=O) groups is 2. The first-order chi connectivity index (χ1) is 10.1. The average molecular weight is 359 g/mol. The fourth-order valence-electron chi connectivity index (χ4n) is 1.64. The SMILES string of the molecule is CCOC(=O)Cc1ncc(Br)cc1NC(=O)OC1COC1. The maximum Gasteiger partial charge on any atom is 0.412 e. The zero-order chi connectivity index (χ0) is 15.2. The quantitative estimate of drug-likeness (QED) is 0.808. The van der Waals surface area contributed by atoms with Crippen LogP contribution in [0.2, 0.25) is 0 Å². The predicted molar refractivity (Wildman–Crippen MR) is 77.0 cm³/mol. The Morgan fingerprint density at radius 1 is 1.52 bits per heavy atom. The third kappa shape index (κ3) is 4.68. The third-order valence-electron chi connectivity index (χ3n) is 2.67. The Morgan fingerprint density at radius 2 is 2.29 bits per heavy atom. The van der Waals surface area contributed by atoms with E-state index in [-0.39, 0.29) is 12.5 Å². The number of aromatic nitrogens is 1. The fraction of sp³-hybridized carbons (Fsp3) is 0.462. The van der Waals surface area contributed by atoms with Crippen molar-refractivity contribution in [3.8, 4) is 0 Å². The summed E-state index contributed by atoms with van der Waals surface area (Å²) in [5.41, 5.74) is 0.820. The summed E-state index contributed by atoms with van der Waals surface area (Å²) in [6, 6.07) is 1.65. The Labute approximate surface area is 130 Å². The Bertz CT molecular complexity index is 533. The zero-order valence-corrected chi connectivity index (χ0v) is 13.0. The first kappa shape index (κ1) is 15.7. The van der Waals surface area contributed by atoms with Crippen molar-refractivity contribution in [2.45, 2.75) is 19.4 Å². The number of nitrogens with zero attached hydrogens (tertiary/aromatic N) is 1. The smallest absolute Gasteiger partial charge is 0.412 e. The number of carbonyl (C=O) groups excluding carboxylic acids is 2. The van der Waals surface area contributed by atoms with Gasteiger partial charge >= 0.3 is 12.1 Å². The number of ether oxygens (including phenoxy) is 3. The van der Waals surface area contributed by atoms with Crippen molar-refractivity contribution in [2.75, 3.05) is 25.1 Å². The number of pyridine rings is 1. The van der Waals surface area contributed by atoms with Gasteiger partial charge in [-0.2, -0.15) is 0 Å². The van der Waals surface area contributed by atoms with Gasteiger partial charge in [0.1, 0.15) is 0 Å². The second-order valence-corrected chi connectivity index (χ2v) is 5.24. The van der Waals surface area contributed by atoms with Gasteiger partial charge in [0, 0.05) is 10.7 Å². The molecule has 0 unspecified atom stereocenters. The van der Waals surface area contributed by atoms with Crippen LogP contribution in [0, 0.1) is 0 Å². The molecule has 0 radical (unpaired) electrons. The lowest BCUT2D eigenvalue weighted by molar-refractivity contribution is -0.142. The molecule has 1 saturated heterocycles. The molecule has 2 rings (SSSR count). The number of esters is 1. The summed E-state index contributed by atoms with van der Waals surface area (Å²) in [5.74, 6) is -0.406. The highest BCUT2D eigenvalue weighted by atomic mass is 79.9. The topological polar surface area (TPSA) is 86.8 Å². The van der Waals surface area contributed by atoms with Gasteiger partial charge < -0.3 is 14.2 Å². The molecule has 7 nitrogen and oxygen atoms in total. The molecule has 114 valence electrons. The van der Waals surface area contributed by atoms with Crippen molar-refractivity contribution in [2.24, 2.45) is 0 Å². The highest BCUT2D eigenvalue weighted by Gasteiger charge is 2.23. The van der Waals surface area contributed by atoms with E-state index in [4.69, 9.17) is 14.2 Å². The van der Waals surface area contributed by atoms with Crippen LogP contribution in [0.5, 0.6) is 0 Å². The van der Waals surface area contributed by atoms with Crippen molar-refractivity contribution in [1.29, 1.82) is 0 Å². The monoisotopic (exact) mass is 358 g/mol. The van der Waals surface area contributed by atoms with Crippen LogP contribution in [0.15, 0.2) is 16.7 Å². The highest BCUT2D eigenvalue weighted by Crippen LogP contribution is 2.20. The summed E-state index contributed by atoms with van der Waals surface area (Å²) >= 11 is 3.27. The second kappa shape index (κ2) is 7.37. The van der Waals surface area contributed by atoms with E-state index in [0.717, 1.165) is 0 Å². The molecule has 0 aliphatic carbocycles. The van der Waals surface area contributed by atoms with E-state index in [2.05, 4.69) is 26.2 Å². The van der Waals surface area contributed by atoms with Crippen LogP contribution in [0.4, 0.5) is 10.5 Å². The summed E-state index contributed by atoms with van der Waals surface area (Å²) in [7, 11) is 0. The molecule has 0 atom stereocenters. The lowest BCUT2D eigenvalue weighted by atomic mass is 10.2. The number of nitrogens with one attached hydrogen (secondary N) is 1. The number of rotatable bonds is 5. The lowest BCUT2D eigenvalue weighted by Crippen LogP contribution is -2.39. The molecule has 1 N–H and O–H groups in total.